The summed E-state index contributed by atoms with van der Waals surface area (Å²) in [6.45, 7) is 9.67. The number of hydrogen-bond donors (Lipinski definition) is 1. The molecule has 3 aromatic rings. The molecule has 7 nitrogen and oxygen atoms in total. The molecule has 1 atom stereocenters. The maximum atomic E-state index is 13.5. The lowest BCUT2D eigenvalue weighted by atomic mass is 10.0. The molecule has 1 unspecified atom stereocenters. The van der Waals surface area contributed by atoms with Crippen LogP contribution in [0.1, 0.15) is 53.2 Å². The number of aryl methyl sites for hydroxylation is 1. The van der Waals surface area contributed by atoms with E-state index in [-0.39, 0.29) is 18.0 Å². The van der Waals surface area contributed by atoms with E-state index in [1.807, 2.05) is 13.8 Å². The molecule has 9 heteroatoms. The number of fused-ring (bicyclic) bond motifs is 3. The zero-order chi connectivity index (χ0) is 25.2. The molecule has 1 N–H and O–H groups in total. The number of hydrogen-bond acceptors (Lipinski definition) is 5. The average molecular weight is 476 g/mol. The van der Waals surface area contributed by atoms with E-state index in [0.29, 0.717) is 34.4 Å². The van der Waals surface area contributed by atoms with E-state index < -0.39 is 29.4 Å². The van der Waals surface area contributed by atoms with Gasteiger partial charge in [-0.2, -0.15) is 0 Å². The molecule has 34 heavy (non-hydrogen) atoms. The minimum absolute atomic E-state index is 0.0836. The van der Waals surface area contributed by atoms with Crippen LogP contribution in [0.15, 0.2) is 35.3 Å². The van der Waals surface area contributed by atoms with Crippen molar-refractivity contribution >= 4 is 27.8 Å². The Labute approximate surface area is 197 Å². The third-order valence-corrected chi connectivity index (χ3v) is 5.25. The van der Waals surface area contributed by atoms with Gasteiger partial charge in [-0.05, 0) is 51.3 Å². The highest BCUT2D eigenvalue weighted by Crippen LogP contribution is 2.30. The highest BCUT2D eigenvalue weighted by Gasteiger charge is 2.22. The summed E-state index contributed by atoms with van der Waals surface area (Å²) >= 11 is 0. The van der Waals surface area contributed by atoms with Crippen LogP contribution in [0.3, 0.4) is 0 Å². The molecule has 0 aliphatic heterocycles. The van der Waals surface area contributed by atoms with E-state index in [1.54, 1.807) is 45.0 Å². The fraction of sp³-hybridized carbons (Fsp3) is 0.480. The fourth-order valence-electron chi connectivity index (χ4n) is 3.88. The number of pyridine rings is 2. The molecule has 0 saturated heterocycles. The molecule has 1 amide bonds. The third kappa shape index (κ3) is 5.81. The zero-order valence-corrected chi connectivity index (χ0v) is 20.3. The highest BCUT2D eigenvalue weighted by molar-refractivity contribution is 6.06. The summed E-state index contributed by atoms with van der Waals surface area (Å²) in [5.74, 6) is 0.801. The van der Waals surface area contributed by atoms with Gasteiger partial charge in [0.05, 0.1) is 16.9 Å². The molecule has 0 bridgehead atoms. The summed E-state index contributed by atoms with van der Waals surface area (Å²) < 4.78 is 39.5. The Morgan fingerprint density at radius 1 is 1.18 bits per heavy atom. The maximum Gasteiger partial charge on any atom is 0.407 e. The van der Waals surface area contributed by atoms with Crippen LogP contribution in [0.25, 0.3) is 21.7 Å². The van der Waals surface area contributed by atoms with Crippen molar-refractivity contribution in [1.82, 2.24) is 14.9 Å². The SMILES string of the molecule is CC(C)CC(COc1ccc2c3ccnc(C(F)F)c3c(=O)n(C)c2c1)NC(=O)OC(C)(C)C. The first-order valence-corrected chi connectivity index (χ1v) is 11.2. The Balaban J connectivity index is 1.90. The number of halogens is 2. The van der Waals surface area contributed by atoms with Gasteiger partial charge in [-0.1, -0.05) is 13.8 Å². The van der Waals surface area contributed by atoms with Crippen LogP contribution in [0.2, 0.25) is 0 Å². The second-order valence-electron chi connectivity index (χ2n) is 9.75. The summed E-state index contributed by atoms with van der Waals surface area (Å²) in [6.07, 6.45) is -1.41. The standard InChI is InChI=1S/C25H31F2N3O4/c1-14(2)11-15(29-24(32)34-25(3,4)5)13-33-16-7-8-17-18-9-10-28-21(22(26)27)20(18)23(31)30(6)19(17)12-16/h7-10,12,14-15,22H,11,13H2,1-6H3,(H,29,32). The molecule has 0 aliphatic rings. The van der Waals surface area contributed by atoms with Crippen LogP contribution in [0.4, 0.5) is 13.6 Å². The number of ether oxygens (including phenoxy) is 2. The zero-order valence-electron chi connectivity index (χ0n) is 20.3. The number of alkyl carbamates (subject to hydrolysis) is 1. The molecule has 3 rings (SSSR count). The van der Waals surface area contributed by atoms with Gasteiger partial charge >= 0.3 is 6.09 Å². The van der Waals surface area contributed by atoms with Crippen LogP contribution < -0.4 is 15.6 Å². The summed E-state index contributed by atoms with van der Waals surface area (Å²) in [7, 11) is 1.53. The summed E-state index contributed by atoms with van der Waals surface area (Å²) in [5, 5.41) is 3.83. The van der Waals surface area contributed by atoms with Crippen LogP contribution in [0, 0.1) is 5.92 Å². The molecule has 0 fully saturated rings. The summed E-state index contributed by atoms with van der Waals surface area (Å²) in [6, 6.07) is 6.42. The number of carbonyl (C=O) groups excluding carboxylic acids is 1. The van der Waals surface area contributed by atoms with Gasteiger partial charge in [-0.15, -0.1) is 0 Å². The number of amides is 1. The molecular weight excluding hydrogens is 444 g/mol. The first-order valence-electron chi connectivity index (χ1n) is 11.2. The Morgan fingerprint density at radius 3 is 2.50 bits per heavy atom. The number of aromatic nitrogens is 2. The number of benzene rings is 1. The molecule has 0 spiro atoms. The maximum absolute atomic E-state index is 13.5. The number of rotatable bonds is 7. The topological polar surface area (TPSA) is 82.5 Å². The molecule has 2 aromatic heterocycles. The Kier molecular flexibility index (Phi) is 7.43. The van der Waals surface area contributed by atoms with E-state index in [9.17, 15) is 18.4 Å². The van der Waals surface area contributed by atoms with E-state index in [1.165, 1.54) is 17.8 Å². The van der Waals surface area contributed by atoms with Gasteiger partial charge in [0.25, 0.3) is 12.0 Å². The molecule has 1 aromatic carbocycles. The summed E-state index contributed by atoms with van der Waals surface area (Å²) in [5.41, 5.74) is -1.14. The van der Waals surface area contributed by atoms with E-state index in [4.69, 9.17) is 9.47 Å². The van der Waals surface area contributed by atoms with Crippen molar-refractivity contribution < 1.29 is 23.0 Å². The predicted molar refractivity (Wildman–Crippen MR) is 128 cm³/mol. The average Bonchev–Trinajstić information content (AvgIpc) is 2.73. The van der Waals surface area contributed by atoms with Crippen molar-refractivity contribution in [1.29, 1.82) is 0 Å². The van der Waals surface area contributed by atoms with Gasteiger partial charge in [0, 0.05) is 30.1 Å². The first kappa shape index (κ1) is 25.4. The summed E-state index contributed by atoms with van der Waals surface area (Å²) in [4.78, 5) is 28.8. The van der Waals surface area contributed by atoms with Gasteiger partial charge in [-0.3, -0.25) is 9.78 Å². The lowest BCUT2D eigenvalue weighted by Crippen LogP contribution is -2.42. The Bertz CT molecular complexity index is 1250. The first-order chi connectivity index (χ1) is 15.9. The second kappa shape index (κ2) is 9.95. The lowest BCUT2D eigenvalue weighted by Gasteiger charge is -2.25. The van der Waals surface area contributed by atoms with Crippen molar-refractivity contribution in [2.24, 2.45) is 13.0 Å². The monoisotopic (exact) mass is 475 g/mol. The minimum atomic E-state index is -2.85. The third-order valence-electron chi connectivity index (χ3n) is 5.25. The minimum Gasteiger partial charge on any atom is -0.491 e. The molecule has 184 valence electrons. The van der Waals surface area contributed by atoms with Crippen LogP contribution in [-0.4, -0.2) is 33.9 Å². The Morgan fingerprint density at radius 2 is 1.88 bits per heavy atom. The largest absolute Gasteiger partial charge is 0.491 e. The molecular formula is C25H31F2N3O4. The normalized spacial score (nSPS) is 13.0. The quantitative estimate of drug-likeness (QED) is 0.466. The van der Waals surface area contributed by atoms with Crippen LogP contribution >= 0.6 is 0 Å². The number of carbonyl (C=O) groups is 1. The van der Waals surface area contributed by atoms with Crippen molar-refractivity contribution in [3.63, 3.8) is 0 Å². The van der Waals surface area contributed by atoms with Gasteiger partial charge < -0.3 is 19.4 Å². The van der Waals surface area contributed by atoms with Crippen molar-refractivity contribution in [3.05, 3.63) is 46.5 Å². The van der Waals surface area contributed by atoms with E-state index in [2.05, 4.69) is 10.3 Å². The van der Waals surface area contributed by atoms with Crippen molar-refractivity contribution in [3.8, 4) is 5.75 Å². The van der Waals surface area contributed by atoms with Gasteiger partial charge in [0.2, 0.25) is 0 Å². The number of alkyl halides is 2. The van der Waals surface area contributed by atoms with Crippen molar-refractivity contribution in [2.45, 2.75) is 59.1 Å². The molecule has 0 radical (unpaired) electrons. The van der Waals surface area contributed by atoms with Gasteiger partial charge in [-0.25, -0.2) is 13.6 Å². The van der Waals surface area contributed by atoms with Crippen LogP contribution in [-0.2, 0) is 11.8 Å². The fourth-order valence-corrected chi connectivity index (χ4v) is 3.88. The van der Waals surface area contributed by atoms with Crippen molar-refractivity contribution in [2.75, 3.05) is 6.61 Å². The van der Waals surface area contributed by atoms with Gasteiger partial charge in [0.15, 0.2) is 0 Å². The smallest absolute Gasteiger partial charge is 0.407 e. The van der Waals surface area contributed by atoms with E-state index >= 15 is 0 Å². The molecule has 0 saturated carbocycles. The molecule has 2 heterocycles. The second-order valence-corrected chi connectivity index (χ2v) is 9.75. The molecule has 0 aliphatic carbocycles. The predicted octanol–water partition coefficient (Wildman–Crippen LogP) is 5.34. The van der Waals surface area contributed by atoms with E-state index in [0.717, 1.165) is 0 Å². The lowest BCUT2D eigenvalue weighted by molar-refractivity contribution is 0.0480. The van der Waals surface area contributed by atoms with Gasteiger partial charge in [0.1, 0.15) is 23.7 Å². The highest BCUT2D eigenvalue weighted by atomic mass is 19.3. The number of nitrogens with zero attached hydrogens (tertiary/aromatic N) is 2. The number of nitrogens with one attached hydrogen (secondary N) is 1. The van der Waals surface area contributed by atoms with Crippen LogP contribution in [0.5, 0.6) is 5.75 Å². The Hall–Kier alpha value is -3.23.